The molecule has 1 aromatic carbocycles. The van der Waals surface area contributed by atoms with Crippen LogP contribution in [0.15, 0.2) is 18.2 Å². The van der Waals surface area contributed by atoms with Crippen molar-refractivity contribution in [2.45, 2.75) is 25.7 Å². The van der Waals surface area contributed by atoms with Crippen LogP contribution in [0.3, 0.4) is 0 Å². The predicted octanol–water partition coefficient (Wildman–Crippen LogP) is 2.10. The zero-order chi connectivity index (χ0) is 11.0. The van der Waals surface area contributed by atoms with Crippen molar-refractivity contribution < 1.29 is 4.79 Å². The number of nitrogens with zero attached hydrogens (tertiary/aromatic N) is 1. The van der Waals surface area contributed by atoms with E-state index < -0.39 is 0 Å². The van der Waals surface area contributed by atoms with Crippen molar-refractivity contribution in [3.8, 4) is 0 Å². The Morgan fingerprint density at radius 3 is 2.88 bits per heavy atom. The van der Waals surface area contributed by atoms with Crippen LogP contribution in [0.2, 0.25) is 0 Å². The number of anilines is 1. The van der Waals surface area contributed by atoms with Crippen molar-refractivity contribution in [1.82, 2.24) is 5.32 Å². The lowest BCUT2D eigenvalue weighted by Gasteiger charge is -2.24. The smallest absolute Gasteiger partial charge is 0.322 e. The van der Waals surface area contributed by atoms with E-state index in [9.17, 15) is 4.79 Å². The minimum Gasteiger partial charge on any atom is -0.336 e. The van der Waals surface area contributed by atoms with Gasteiger partial charge in [-0.05, 0) is 42.9 Å². The lowest BCUT2D eigenvalue weighted by molar-refractivity contribution is 0.252. The number of amides is 2. The van der Waals surface area contributed by atoms with Crippen LogP contribution >= 0.6 is 0 Å². The van der Waals surface area contributed by atoms with Gasteiger partial charge in [-0.15, -0.1) is 0 Å². The molecule has 1 heterocycles. The average Bonchev–Trinajstić information content (AvgIpc) is 2.75. The molecule has 1 aliphatic heterocycles. The van der Waals surface area contributed by atoms with E-state index in [1.54, 1.807) is 0 Å². The Bertz CT molecular complexity index is 428. The highest BCUT2D eigenvalue weighted by atomic mass is 16.2. The van der Waals surface area contributed by atoms with E-state index in [1.165, 1.54) is 30.4 Å². The molecule has 1 fully saturated rings. The summed E-state index contributed by atoms with van der Waals surface area (Å²) < 4.78 is 0. The number of rotatable bonds is 1. The molecule has 84 valence electrons. The molecule has 0 bridgehead atoms. The zero-order valence-electron chi connectivity index (χ0n) is 9.33. The second kappa shape index (κ2) is 3.81. The molecule has 1 aliphatic carbocycles. The second-order valence-corrected chi connectivity index (χ2v) is 4.51. The topological polar surface area (TPSA) is 32.3 Å². The van der Waals surface area contributed by atoms with Crippen molar-refractivity contribution >= 4 is 11.7 Å². The van der Waals surface area contributed by atoms with Crippen LogP contribution in [0.4, 0.5) is 10.5 Å². The molecule has 3 heteroatoms. The molecule has 2 amide bonds. The summed E-state index contributed by atoms with van der Waals surface area (Å²) in [5.41, 5.74) is 3.96. The molecule has 1 aromatic rings. The molecule has 0 radical (unpaired) electrons. The monoisotopic (exact) mass is 216 g/mol. The first-order chi connectivity index (χ1) is 7.86. The molecule has 2 aliphatic rings. The average molecular weight is 216 g/mol. The molecule has 0 saturated carbocycles. The highest BCUT2D eigenvalue weighted by molar-refractivity contribution is 5.95. The molecule has 0 aromatic heterocycles. The third-order valence-electron chi connectivity index (χ3n) is 3.52. The van der Waals surface area contributed by atoms with Crippen LogP contribution in [0.25, 0.3) is 0 Å². The Morgan fingerprint density at radius 2 is 2.06 bits per heavy atom. The maximum absolute atomic E-state index is 11.7. The number of nitrogens with one attached hydrogen (secondary N) is 1. The van der Waals surface area contributed by atoms with E-state index in [2.05, 4.69) is 23.5 Å². The third-order valence-corrected chi connectivity index (χ3v) is 3.52. The van der Waals surface area contributed by atoms with Gasteiger partial charge in [-0.25, -0.2) is 4.79 Å². The zero-order valence-corrected chi connectivity index (χ0v) is 9.33. The number of carbonyl (C=O) groups is 1. The lowest BCUT2D eigenvalue weighted by Crippen LogP contribution is -2.29. The minimum absolute atomic E-state index is 0.0546. The largest absolute Gasteiger partial charge is 0.336 e. The molecule has 16 heavy (non-hydrogen) atoms. The molecule has 1 N–H and O–H groups in total. The summed E-state index contributed by atoms with van der Waals surface area (Å²) in [7, 11) is 0. The quantitative estimate of drug-likeness (QED) is 0.766. The van der Waals surface area contributed by atoms with E-state index in [-0.39, 0.29) is 6.03 Å². The Labute approximate surface area is 95.4 Å². The van der Waals surface area contributed by atoms with Crippen LogP contribution in [-0.2, 0) is 12.8 Å². The minimum atomic E-state index is 0.0546. The highest BCUT2D eigenvalue weighted by Crippen LogP contribution is 2.30. The van der Waals surface area contributed by atoms with Crippen molar-refractivity contribution in [3.05, 3.63) is 29.3 Å². The van der Waals surface area contributed by atoms with E-state index >= 15 is 0 Å². The number of aryl methyl sites for hydroxylation is 1. The van der Waals surface area contributed by atoms with Gasteiger partial charge in [-0.2, -0.15) is 0 Å². The second-order valence-electron chi connectivity index (χ2n) is 4.51. The van der Waals surface area contributed by atoms with E-state index in [1.807, 2.05) is 4.90 Å². The fraction of sp³-hybridized carbons (Fsp3) is 0.462. The highest BCUT2D eigenvalue weighted by Gasteiger charge is 2.25. The van der Waals surface area contributed by atoms with Gasteiger partial charge in [0.05, 0.1) is 0 Å². The SMILES string of the molecule is O=C1NCCN1c1cccc2c1CCCC2. The van der Waals surface area contributed by atoms with Crippen molar-refractivity contribution in [2.24, 2.45) is 0 Å². The number of hydrogen-bond acceptors (Lipinski definition) is 1. The number of hydrogen-bond donors (Lipinski definition) is 1. The van der Waals surface area contributed by atoms with Crippen LogP contribution in [0.1, 0.15) is 24.0 Å². The summed E-state index contributed by atoms with van der Waals surface area (Å²) in [5, 5.41) is 2.86. The first-order valence-electron chi connectivity index (χ1n) is 6.02. The summed E-state index contributed by atoms with van der Waals surface area (Å²) in [4.78, 5) is 13.6. The summed E-state index contributed by atoms with van der Waals surface area (Å²) in [6, 6.07) is 6.41. The maximum Gasteiger partial charge on any atom is 0.322 e. The van der Waals surface area contributed by atoms with Gasteiger partial charge in [-0.3, -0.25) is 4.90 Å². The molecule has 0 atom stereocenters. The predicted molar refractivity (Wildman–Crippen MR) is 63.8 cm³/mol. The molecular formula is C13H16N2O. The van der Waals surface area contributed by atoms with Crippen molar-refractivity contribution in [2.75, 3.05) is 18.0 Å². The van der Waals surface area contributed by atoms with Gasteiger partial charge in [0.1, 0.15) is 0 Å². The number of fused-ring (bicyclic) bond motifs is 1. The molecule has 3 nitrogen and oxygen atoms in total. The number of urea groups is 1. The van der Waals surface area contributed by atoms with Gasteiger partial charge < -0.3 is 5.32 Å². The first kappa shape index (κ1) is 9.70. The lowest BCUT2D eigenvalue weighted by atomic mass is 9.90. The summed E-state index contributed by atoms with van der Waals surface area (Å²) >= 11 is 0. The number of benzene rings is 1. The number of carbonyl (C=O) groups excluding carboxylic acids is 1. The van der Waals surface area contributed by atoms with E-state index in [4.69, 9.17) is 0 Å². The Hall–Kier alpha value is -1.51. The van der Waals surface area contributed by atoms with Gasteiger partial charge in [-0.1, -0.05) is 12.1 Å². The normalized spacial score (nSPS) is 19.5. The van der Waals surface area contributed by atoms with Gasteiger partial charge in [0, 0.05) is 18.8 Å². The Morgan fingerprint density at radius 1 is 1.19 bits per heavy atom. The van der Waals surface area contributed by atoms with Crippen LogP contribution in [-0.4, -0.2) is 19.1 Å². The van der Waals surface area contributed by atoms with E-state index in [0.717, 1.165) is 25.2 Å². The standard InChI is InChI=1S/C13H16N2O/c16-13-14-8-9-15(13)12-7-3-5-10-4-1-2-6-11(10)12/h3,5,7H,1-2,4,6,8-9H2,(H,14,16). The molecule has 0 spiro atoms. The Kier molecular flexibility index (Phi) is 2.31. The molecule has 1 saturated heterocycles. The third kappa shape index (κ3) is 1.47. The molecule has 0 unspecified atom stereocenters. The first-order valence-corrected chi connectivity index (χ1v) is 6.02. The van der Waals surface area contributed by atoms with Crippen LogP contribution in [0.5, 0.6) is 0 Å². The van der Waals surface area contributed by atoms with Crippen LogP contribution in [0, 0.1) is 0 Å². The fourth-order valence-corrected chi connectivity index (χ4v) is 2.72. The van der Waals surface area contributed by atoms with Gasteiger partial charge in [0.15, 0.2) is 0 Å². The summed E-state index contributed by atoms with van der Waals surface area (Å²) in [5.74, 6) is 0. The summed E-state index contributed by atoms with van der Waals surface area (Å²) in [6.45, 7) is 1.57. The van der Waals surface area contributed by atoms with Gasteiger partial charge >= 0.3 is 6.03 Å². The van der Waals surface area contributed by atoms with Gasteiger partial charge in [0.2, 0.25) is 0 Å². The van der Waals surface area contributed by atoms with Crippen molar-refractivity contribution in [3.63, 3.8) is 0 Å². The molecular weight excluding hydrogens is 200 g/mol. The fourth-order valence-electron chi connectivity index (χ4n) is 2.72. The van der Waals surface area contributed by atoms with E-state index in [0.29, 0.717) is 0 Å². The molecule has 3 rings (SSSR count). The summed E-state index contributed by atoms with van der Waals surface area (Å²) in [6.07, 6.45) is 4.82. The van der Waals surface area contributed by atoms with Crippen LogP contribution < -0.4 is 10.2 Å². The Balaban J connectivity index is 2.03. The maximum atomic E-state index is 11.7. The van der Waals surface area contributed by atoms with Gasteiger partial charge in [0.25, 0.3) is 0 Å². The van der Waals surface area contributed by atoms with Crippen molar-refractivity contribution in [1.29, 1.82) is 0 Å².